The Morgan fingerprint density at radius 2 is 1.61 bits per heavy atom. The average molecular weight is 380 g/mol. The lowest BCUT2D eigenvalue weighted by Gasteiger charge is -2.07. The van der Waals surface area contributed by atoms with Crippen LogP contribution in [0.15, 0.2) is 60.9 Å². The zero-order chi connectivity index (χ0) is 19.9. The van der Waals surface area contributed by atoms with E-state index in [2.05, 4.69) is 25.3 Å². The summed E-state index contributed by atoms with van der Waals surface area (Å²) in [6.07, 6.45) is 2.80. The lowest BCUT2D eigenvalue weighted by atomic mass is 10.2. The highest BCUT2D eigenvalue weighted by Gasteiger charge is 2.08. The van der Waals surface area contributed by atoms with Crippen LogP contribution in [0, 0.1) is 5.82 Å². The molecule has 0 saturated heterocycles. The summed E-state index contributed by atoms with van der Waals surface area (Å²) in [5.74, 6) is -0.774. The maximum atomic E-state index is 12.9. The van der Waals surface area contributed by atoms with E-state index in [1.54, 1.807) is 36.4 Å². The van der Waals surface area contributed by atoms with Crippen LogP contribution in [0.2, 0.25) is 0 Å². The largest absolute Gasteiger partial charge is 0.465 e. The van der Waals surface area contributed by atoms with E-state index in [4.69, 9.17) is 0 Å². The molecule has 2 N–H and O–H groups in total. The molecule has 0 aliphatic carbocycles. The maximum absolute atomic E-state index is 12.9. The lowest BCUT2D eigenvalue weighted by molar-refractivity contribution is 0.0600. The van der Waals surface area contributed by atoms with Gasteiger partial charge in [-0.3, -0.25) is 4.79 Å². The normalized spacial score (nSPS) is 10.2. The first kappa shape index (κ1) is 19.0. The van der Waals surface area contributed by atoms with Gasteiger partial charge in [-0.05, 0) is 42.0 Å². The third-order valence-corrected chi connectivity index (χ3v) is 3.84. The van der Waals surface area contributed by atoms with Gasteiger partial charge in [0.2, 0.25) is 5.95 Å². The molecule has 0 aliphatic rings. The van der Waals surface area contributed by atoms with Crippen molar-refractivity contribution in [1.82, 2.24) is 15.3 Å². The molecule has 3 aromatic rings. The highest BCUT2D eigenvalue weighted by Crippen LogP contribution is 2.14. The number of carbonyl (C=O) groups excluding carboxylic acids is 2. The Morgan fingerprint density at radius 1 is 0.964 bits per heavy atom. The fourth-order valence-corrected chi connectivity index (χ4v) is 2.33. The molecule has 7 nitrogen and oxygen atoms in total. The van der Waals surface area contributed by atoms with Crippen LogP contribution in [0.25, 0.3) is 0 Å². The van der Waals surface area contributed by atoms with Gasteiger partial charge in [-0.25, -0.2) is 19.2 Å². The van der Waals surface area contributed by atoms with Gasteiger partial charge in [0.15, 0.2) is 0 Å². The van der Waals surface area contributed by atoms with Gasteiger partial charge in [-0.1, -0.05) is 12.1 Å². The molecule has 0 bridgehead atoms. The van der Waals surface area contributed by atoms with Crippen molar-refractivity contribution in [3.63, 3.8) is 0 Å². The Labute approximate surface area is 160 Å². The number of aromatic nitrogens is 2. The summed E-state index contributed by atoms with van der Waals surface area (Å²) in [5.41, 5.74) is 2.20. The van der Waals surface area contributed by atoms with Crippen LogP contribution in [-0.2, 0) is 11.3 Å². The van der Waals surface area contributed by atoms with E-state index < -0.39 is 5.97 Å². The smallest absolute Gasteiger partial charge is 0.337 e. The highest BCUT2D eigenvalue weighted by molar-refractivity contribution is 5.93. The summed E-state index contributed by atoms with van der Waals surface area (Å²) in [6.45, 7) is 0.270. The Morgan fingerprint density at radius 3 is 2.21 bits per heavy atom. The van der Waals surface area contributed by atoms with Crippen molar-refractivity contribution >= 4 is 23.5 Å². The van der Waals surface area contributed by atoms with Crippen molar-refractivity contribution in [3.05, 3.63) is 83.4 Å². The van der Waals surface area contributed by atoms with Gasteiger partial charge in [0.05, 0.1) is 18.2 Å². The number of carbonyl (C=O) groups is 2. The Hall–Kier alpha value is -3.81. The Balaban J connectivity index is 1.57. The summed E-state index contributed by atoms with van der Waals surface area (Å²) in [5, 5.41) is 5.70. The second-order valence-electron chi connectivity index (χ2n) is 5.80. The van der Waals surface area contributed by atoms with Crippen molar-refractivity contribution in [2.75, 3.05) is 12.4 Å². The molecule has 1 aromatic heterocycles. The molecule has 0 aliphatic heterocycles. The van der Waals surface area contributed by atoms with Crippen molar-refractivity contribution in [1.29, 1.82) is 0 Å². The minimum atomic E-state index is -0.418. The van der Waals surface area contributed by atoms with Crippen LogP contribution in [-0.4, -0.2) is 29.0 Å². The molecule has 0 unspecified atom stereocenters. The number of esters is 1. The predicted octanol–water partition coefficient (Wildman–Crippen LogP) is 3.08. The van der Waals surface area contributed by atoms with E-state index in [0.717, 1.165) is 5.56 Å². The molecular weight excluding hydrogens is 363 g/mol. The topological polar surface area (TPSA) is 93.2 Å². The van der Waals surface area contributed by atoms with Crippen molar-refractivity contribution < 1.29 is 18.7 Å². The van der Waals surface area contributed by atoms with Crippen LogP contribution in [0.1, 0.15) is 26.3 Å². The molecule has 1 heterocycles. The maximum Gasteiger partial charge on any atom is 0.337 e. The SMILES string of the molecule is COC(=O)c1ccc(Nc2ncc(C(=O)NCc3ccc(F)cc3)cn2)cc1. The summed E-state index contributed by atoms with van der Waals surface area (Å²) >= 11 is 0. The van der Waals surface area contributed by atoms with Crippen LogP contribution < -0.4 is 10.6 Å². The van der Waals surface area contributed by atoms with Gasteiger partial charge in [-0.15, -0.1) is 0 Å². The molecule has 0 saturated carbocycles. The molecule has 2 aromatic carbocycles. The molecule has 28 heavy (non-hydrogen) atoms. The number of nitrogens with zero attached hydrogens (tertiary/aromatic N) is 2. The monoisotopic (exact) mass is 380 g/mol. The summed E-state index contributed by atoms with van der Waals surface area (Å²) < 4.78 is 17.5. The van der Waals surface area contributed by atoms with Gasteiger partial charge in [0, 0.05) is 24.6 Å². The van der Waals surface area contributed by atoms with Crippen molar-refractivity contribution in [2.45, 2.75) is 6.54 Å². The van der Waals surface area contributed by atoms with E-state index in [-0.39, 0.29) is 18.3 Å². The number of hydrogen-bond donors (Lipinski definition) is 2. The zero-order valence-corrected chi connectivity index (χ0v) is 15.0. The number of nitrogens with one attached hydrogen (secondary N) is 2. The van der Waals surface area contributed by atoms with E-state index in [1.807, 2.05) is 0 Å². The lowest BCUT2D eigenvalue weighted by Crippen LogP contribution is -2.23. The number of ether oxygens (including phenoxy) is 1. The first-order valence-corrected chi connectivity index (χ1v) is 8.35. The quantitative estimate of drug-likeness (QED) is 0.639. The van der Waals surface area contributed by atoms with E-state index >= 15 is 0 Å². The first-order chi connectivity index (χ1) is 13.5. The van der Waals surface area contributed by atoms with Gasteiger partial charge in [-0.2, -0.15) is 0 Å². The van der Waals surface area contributed by atoms with Crippen molar-refractivity contribution in [3.8, 4) is 0 Å². The second-order valence-corrected chi connectivity index (χ2v) is 5.80. The zero-order valence-electron chi connectivity index (χ0n) is 15.0. The second kappa shape index (κ2) is 8.72. The van der Waals surface area contributed by atoms with Crippen molar-refractivity contribution in [2.24, 2.45) is 0 Å². The Kier molecular flexibility index (Phi) is 5.91. The fourth-order valence-electron chi connectivity index (χ4n) is 2.33. The number of methoxy groups -OCH3 is 1. The predicted molar refractivity (Wildman–Crippen MR) is 101 cm³/mol. The number of amides is 1. The third-order valence-electron chi connectivity index (χ3n) is 3.84. The summed E-state index contributed by atoms with van der Waals surface area (Å²) in [7, 11) is 1.32. The fraction of sp³-hybridized carbons (Fsp3) is 0.100. The van der Waals surface area contributed by atoms with Gasteiger partial charge >= 0.3 is 5.97 Å². The van der Waals surface area contributed by atoms with Gasteiger partial charge < -0.3 is 15.4 Å². The number of benzene rings is 2. The standard InChI is InChI=1S/C20H17FN4O3/c1-28-19(27)14-4-8-17(9-5-14)25-20-23-11-15(12-24-20)18(26)22-10-13-2-6-16(21)7-3-13/h2-9,11-12H,10H2,1H3,(H,22,26)(H,23,24,25). The molecule has 0 radical (unpaired) electrons. The van der Waals surface area contributed by atoms with E-state index in [1.165, 1.54) is 31.6 Å². The van der Waals surface area contributed by atoms with Crippen LogP contribution in [0.3, 0.4) is 0 Å². The van der Waals surface area contributed by atoms with Crippen LogP contribution in [0.4, 0.5) is 16.0 Å². The molecule has 0 fully saturated rings. The summed E-state index contributed by atoms with van der Waals surface area (Å²) in [6, 6.07) is 12.5. The van der Waals surface area contributed by atoms with E-state index in [9.17, 15) is 14.0 Å². The number of halogens is 1. The minimum Gasteiger partial charge on any atom is -0.465 e. The molecule has 1 amide bonds. The molecule has 3 rings (SSSR count). The first-order valence-electron chi connectivity index (χ1n) is 8.35. The number of rotatable bonds is 6. The molecule has 142 valence electrons. The average Bonchev–Trinajstić information content (AvgIpc) is 2.73. The van der Waals surface area contributed by atoms with Crippen LogP contribution in [0.5, 0.6) is 0 Å². The van der Waals surface area contributed by atoms with Crippen LogP contribution >= 0.6 is 0 Å². The van der Waals surface area contributed by atoms with Gasteiger partial charge in [0.1, 0.15) is 5.82 Å². The molecular formula is C20H17FN4O3. The van der Waals surface area contributed by atoms with Gasteiger partial charge in [0.25, 0.3) is 5.91 Å². The minimum absolute atomic E-state index is 0.270. The number of hydrogen-bond acceptors (Lipinski definition) is 6. The highest BCUT2D eigenvalue weighted by atomic mass is 19.1. The molecule has 0 atom stereocenters. The van der Waals surface area contributed by atoms with E-state index in [0.29, 0.717) is 22.8 Å². The summed E-state index contributed by atoms with van der Waals surface area (Å²) in [4.78, 5) is 31.8. The Bertz CT molecular complexity index is 958. The molecule has 0 spiro atoms. The number of anilines is 2. The molecule has 8 heteroatoms. The third kappa shape index (κ3) is 4.88.